The molecule has 4 heteroatoms. The summed E-state index contributed by atoms with van der Waals surface area (Å²) in [4.78, 5) is 15.6. The molecule has 0 saturated heterocycles. The highest BCUT2D eigenvalue weighted by Gasteiger charge is 2.47. The van der Waals surface area contributed by atoms with Crippen LogP contribution in [0.4, 0.5) is 0 Å². The third kappa shape index (κ3) is 4.72. The van der Waals surface area contributed by atoms with Crippen molar-refractivity contribution < 1.29 is 4.42 Å². The monoisotopic (exact) mass is 667 g/mol. The number of pyridine rings is 1. The van der Waals surface area contributed by atoms with Crippen LogP contribution in [0.15, 0.2) is 190 Å². The van der Waals surface area contributed by atoms with Crippen molar-refractivity contribution in [3.63, 3.8) is 0 Å². The van der Waals surface area contributed by atoms with Gasteiger partial charge in [-0.15, -0.1) is 0 Å². The molecule has 1 aliphatic carbocycles. The van der Waals surface area contributed by atoms with Gasteiger partial charge in [0, 0.05) is 22.5 Å². The summed E-state index contributed by atoms with van der Waals surface area (Å²) in [6, 6.07) is 57.9. The van der Waals surface area contributed by atoms with Gasteiger partial charge in [-0.25, -0.2) is 9.98 Å². The number of hydrogen-bond donors (Lipinski definition) is 0. The van der Waals surface area contributed by atoms with Gasteiger partial charge in [-0.05, 0) is 82.1 Å². The number of benzene rings is 6. The minimum absolute atomic E-state index is 0.608. The van der Waals surface area contributed by atoms with Crippen LogP contribution in [0.5, 0.6) is 0 Å². The highest BCUT2D eigenvalue weighted by molar-refractivity contribution is 6.18. The van der Waals surface area contributed by atoms with Crippen molar-refractivity contribution in [2.24, 2.45) is 9.98 Å². The number of furan rings is 1. The van der Waals surface area contributed by atoms with E-state index in [0.29, 0.717) is 5.84 Å². The first-order valence-electron chi connectivity index (χ1n) is 17.8. The van der Waals surface area contributed by atoms with Crippen LogP contribution < -0.4 is 0 Å². The molecule has 8 aromatic rings. The van der Waals surface area contributed by atoms with Crippen molar-refractivity contribution in [2.45, 2.75) is 18.3 Å². The van der Waals surface area contributed by atoms with E-state index >= 15 is 0 Å². The van der Waals surface area contributed by atoms with Gasteiger partial charge in [-0.2, -0.15) is 0 Å². The van der Waals surface area contributed by atoms with Crippen molar-refractivity contribution in [3.8, 4) is 11.1 Å². The van der Waals surface area contributed by atoms with Crippen molar-refractivity contribution in [2.75, 3.05) is 0 Å². The van der Waals surface area contributed by atoms with E-state index in [1.165, 1.54) is 22.3 Å². The fourth-order valence-corrected chi connectivity index (χ4v) is 8.29. The summed E-state index contributed by atoms with van der Waals surface area (Å²) >= 11 is 0. The number of para-hydroxylation sites is 1. The Hall–Kier alpha value is -6.65. The molecule has 0 radical (unpaired) electrons. The van der Waals surface area contributed by atoms with E-state index < -0.39 is 5.41 Å². The molecule has 10 rings (SSSR count). The molecule has 52 heavy (non-hydrogen) atoms. The molecule has 0 fully saturated rings. The highest BCUT2D eigenvalue weighted by Crippen LogP contribution is 2.58. The van der Waals surface area contributed by atoms with Crippen LogP contribution in [-0.2, 0) is 5.41 Å². The second kappa shape index (κ2) is 12.3. The standard InChI is InChI=1S/C48H33N3O/c1-4-16-32(17-5-1)41-26-15-27-43(42-25-12-13-29-49-42)51-47(50-41)36-23-14-24-39-46(36)38-31-45-37(35-22-10-11-28-44(35)52-45)30-40(38)48(39,33-18-6-2-7-19-33)34-20-8-3-9-21-34/h1-14,16-25,27-31H,15,26H2. The van der Waals surface area contributed by atoms with Gasteiger partial charge in [0.2, 0.25) is 0 Å². The zero-order valence-corrected chi connectivity index (χ0v) is 28.4. The van der Waals surface area contributed by atoms with Gasteiger partial charge in [-0.1, -0.05) is 140 Å². The lowest BCUT2D eigenvalue weighted by Gasteiger charge is -2.34. The SMILES string of the molecule is C1=C(c2ccccn2)N=C(c2cccc3c2-c2cc4oc5ccccc5c4cc2C3(c2ccccc2)c2ccccc2)N=C(c2ccccc2)CC1. The summed E-state index contributed by atoms with van der Waals surface area (Å²) in [7, 11) is 0. The van der Waals surface area contributed by atoms with Gasteiger partial charge in [0.15, 0.2) is 5.84 Å². The molecular formula is C48H33N3O. The summed E-state index contributed by atoms with van der Waals surface area (Å²) in [5, 5.41) is 2.21. The molecule has 3 heterocycles. The van der Waals surface area contributed by atoms with Crippen LogP contribution in [0.2, 0.25) is 0 Å². The molecule has 6 aromatic carbocycles. The maximum atomic E-state index is 6.57. The number of fused-ring (bicyclic) bond motifs is 6. The van der Waals surface area contributed by atoms with Crippen LogP contribution in [0.3, 0.4) is 0 Å². The van der Waals surface area contributed by atoms with Crippen molar-refractivity contribution >= 4 is 39.2 Å². The van der Waals surface area contributed by atoms with Crippen molar-refractivity contribution in [1.82, 2.24) is 4.98 Å². The summed E-state index contributed by atoms with van der Waals surface area (Å²) in [6.07, 6.45) is 5.61. The van der Waals surface area contributed by atoms with Crippen LogP contribution in [0.25, 0.3) is 38.8 Å². The largest absolute Gasteiger partial charge is 0.456 e. The average Bonchev–Trinajstić information content (AvgIpc) is 3.71. The Labute approximate surface area is 302 Å². The van der Waals surface area contributed by atoms with E-state index in [-0.39, 0.29) is 0 Å². The predicted molar refractivity (Wildman–Crippen MR) is 212 cm³/mol. The quantitative estimate of drug-likeness (QED) is 0.183. The lowest BCUT2D eigenvalue weighted by Crippen LogP contribution is -2.28. The average molecular weight is 668 g/mol. The van der Waals surface area contributed by atoms with E-state index in [2.05, 4.69) is 140 Å². The molecule has 0 atom stereocenters. The van der Waals surface area contributed by atoms with Crippen LogP contribution in [-0.4, -0.2) is 16.5 Å². The molecular weight excluding hydrogens is 635 g/mol. The normalized spacial score (nSPS) is 14.9. The first-order valence-corrected chi connectivity index (χ1v) is 17.8. The van der Waals surface area contributed by atoms with Gasteiger partial charge in [-0.3, -0.25) is 4.98 Å². The smallest absolute Gasteiger partial charge is 0.160 e. The van der Waals surface area contributed by atoms with Crippen molar-refractivity contribution in [1.29, 1.82) is 0 Å². The van der Waals surface area contributed by atoms with Crippen LogP contribution in [0, 0.1) is 0 Å². The molecule has 4 nitrogen and oxygen atoms in total. The lowest BCUT2D eigenvalue weighted by atomic mass is 9.67. The Morgan fingerprint density at radius 2 is 1.25 bits per heavy atom. The van der Waals surface area contributed by atoms with E-state index in [4.69, 9.17) is 19.4 Å². The second-order valence-corrected chi connectivity index (χ2v) is 13.4. The van der Waals surface area contributed by atoms with Gasteiger partial charge < -0.3 is 4.42 Å². The molecule has 0 N–H and O–H groups in total. The maximum absolute atomic E-state index is 6.57. The Morgan fingerprint density at radius 3 is 2.00 bits per heavy atom. The highest BCUT2D eigenvalue weighted by atomic mass is 16.3. The van der Waals surface area contributed by atoms with Crippen molar-refractivity contribution in [3.05, 3.63) is 215 Å². The fraction of sp³-hybridized carbons (Fsp3) is 0.0625. The van der Waals surface area contributed by atoms with E-state index in [1.54, 1.807) is 0 Å². The van der Waals surface area contributed by atoms with Crippen LogP contribution >= 0.6 is 0 Å². The van der Waals surface area contributed by atoms with E-state index in [9.17, 15) is 0 Å². The zero-order chi connectivity index (χ0) is 34.5. The zero-order valence-electron chi connectivity index (χ0n) is 28.4. The summed E-state index contributed by atoms with van der Waals surface area (Å²) < 4.78 is 6.57. The molecule has 2 aromatic heterocycles. The number of nitrogens with zero attached hydrogens (tertiary/aromatic N) is 3. The fourth-order valence-electron chi connectivity index (χ4n) is 8.29. The number of hydrogen-bond acceptors (Lipinski definition) is 4. The molecule has 2 aliphatic rings. The number of rotatable bonds is 5. The molecule has 0 saturated carbocycles. The Bertz CT molecular complexity index is 2670. The lowest BCUT2D eigenvalue weighted by molar-refractivity contribution is 0.668. The Kier molecular flexibility index (Phi) is 7.14. The number of allylic oxidation sites excluding steroid dienone is 1. The maximum Gasteiger partial charge on any atom is 0.160 e. The number of amidine groups is 1. The number of aromatic nitrogens is 1. The Balaban J connectivity index is 1.33. The summed E-state index contributed by atoms with van der Waals surface area (Å²) in [6.45, 7) is 0. The van der Waals surface area contributed by atoms with Gasteiger partial charge in [0.1, 0.15) is 11.2 Å². The minimum atomic E-state index is -0.608. The Morgan fingerprint density at radius 1 is 0.538 bits per heavy atom. The second-order valence-electron chi connectivity index (χ2n) is 13.4. The van der Waals surface area contributed by atoms with Gasteiger partial charge in [0.25, 0.3) is 0 Å². The summed E-state index contributed by atoms with van der Waals surface area (Å²) in [5.41, 5.74) is 12.9. The third-order valence-corrected chi connectivity index (χ3v) is 10.5. The topological polar surface area (TPSA) is 50.8 Å². The molecule has 1 aliphatic heterocycles. The molecule has 0 unspecified atom stereocenters. The molecule has 246 valence electrons. The summed E-state index contributed by atoms with van der Waals surface area (Å²) in [5.74, 6) is 0.667. The minimum Gasteiger partial charge on any atom is -0.456 e. The first kappa shape index (κ1) is 30.2. The first-order chi connectivity index (χ1) is 25.8. The van der Waals surface area contributed by atoms with Crippen LogP contribution in [0.1, 0.15) is 51.9 Å². The molecule has 0 bridgehead atoms. The van der Waals surface area contributed by atoms with E-state index in [1.807, 2.05) is 36.5 Å². The van der Waals surface area contributed by atoms with Gasteiger partial charge >= 0.3 is 0 Å². The third-order valence-electron chi connectivity index (χ3n) is 10.5. The molecule has 0 amide bonds. The predicted octanol–water partition coefficient (Wildman–Crippen LogP) is 11.4. The van der Waals surface area contributed by atoms with E-state index in [0.717, 1.165) is 74.1 Å². The molecule has 0 spiro atoms. The number of aliphatic imine (C=N–C) groups is 2. The van der Waals surface area contributed by atoms with Gasteiger partial charge in [0.05, 0.1) is 22.5 Å².